The highest BCUT2D eigenvalue weighted by molar-refractivity contribution is 6.31. The Kier molecular flexibility index (Phi) is 4.66. The number of aromatic nitrogens is 1. The molecule has 0 fully saturated rings. The lowest BCUT2D eigenvalue weighted by Crippen LogP contribution is -2.37. The average Bonchev–Trinajstić information content (AvgIpc) is 2.88. The van der Waals surface area contributed by atoms with Crippen molar-refractivity contribution in [3.63, 3.8) is 0 Å². The fourth-order valence-corrected chi connectivity index (χ4v) is 3.27. The van der Waals surface area contributed by atoms with Gasteiger partial charge < -0.3 is 14.4 Å². The topological polar surface area (TPSA) is 60.8 Å². The van der Waals surface area contributed by atoms with Gasteiger partial charge in [-0.3, -0.25) is 0 Å². The van der Waals surface area contributed by atoms with E-state index in [0.29, 0.717) is 31.1 Å². The van der Waals surface area contributed by atoms with E-state index >= 15 is 0 Å². The molecule has 0 unspecified atom stereocenters. The van der Waals surface area contributed by atoms with Crippen molar-refractivity contribution in [2.24, 2.45) is 0 Å². The van der Waals surface area contributed by atoms with Crippen molar-refractivity contribution in [1.29, 1.82) is 0 Å². The number of nitrogens with zero attached hydrogens (tertiary/aromatic N) is 2. The van der Waals surface area contributed by atoms with Crippen molar-refractivity contribution < 1.29 is 19.1 Å². The Morgan fingerprint density at radius 1 is 1.17 bits per heavy atom. The second-order valence-electron chi connectivity index (χ2n) is 5.49. The first-order valence-electron chi connectivity index (χ1n) is 7.97. The molecule has 0 radical (unpaired) electrons. The van der Waals surface area contributed by atoms with Crippen molar-refractivity contribution in [3.05, 3.63) is 34.5 Å². The maximum atomic E-state index is 12.5. The molecule has 0 atom stereocenters. The maximum absolute atomic E-state index is 12.5. The molecule has 2 aromatic rings. The number of halogens is 1. The molecule has 0 saturated heterocycles. The van der Waals surface area contributed by atoms with Crippen molar-refractivity contribution in [3.8, 4) is 0 Å². The lowest BCUT2D eigenvalue weighted by Gasteiger charge is -2.27. The molecule has 1 aliphatic heterocycles. The molecule has 0 saturated carbocycles. The van der Waals surface area contributed by atoms with Crippen LogP contribution in [0, 0.1) is 0 Å². The normalized spacial score (nSPS) is 13.7. The number of carbonyl (C=O) groups is 2. The third kappa shape index (κ3) is 2.82. The van der Waals surface area contributed by atoms with Crippen LogP contribution in [-0.2, 0) is 22.4 Å². The van der Waals surface area contributed by atoms with Crippen molar-refractivity contribution in [2.45, 2.75) is 26.8 Å². The lowest BCUT2D eigenvalue weighted by atomic mass is 10.0. The number of ether oxygens (including phenoxy) is 2. The molecular weight excluding hydrogens is 332 g/mol. The molecule has 1 amide bonds. The summed E-state index contributed by atoms with van der Waals surface area (Å²) in [6.07, 6.45) is -0.184. The van der Waals surface area contributed by atoms with Gasteiger partial charge in [0.2, 0.25) is 0 Å². The number of benzene rings is 1. The Morgan fingerprint density at radius 2 is 1.88 bits per heavy atom. The molecule has 3 rings (SSSR count). The number of hydrogen-bond donors (Lipinski definition) is 0. The maximum Gasteiger partial charge on any atom is 0.418 e. The van der Waals surface area contributed by atoms with Gasteiger partial charge in [-0.05, 0) is 44.0 Å². The van der Waals surface area contributed by atoms with Crippen LogP contribution in [0.5, 0.6) is 0 Å². The van der Waals surface area contributed by atoms with Gasteiger partial charge in [-0.1, -0.05) is 11.6 Å². The molecule has 0 aliphatic carbocycles. The van der Waals surface area contributed by atoms with E-state index in [1.807, 2.05) is 12.1 Å². The van der Waals surface area contributed by atoms with Crippen LogP contribution in [0.4, 0.5) is 9.59 Å². The molecule has 0 spiro atoms. The zero-order chi connectivity index (χ0) is 17.3. The minimum Gasteiger partial charge on any atom is -0.450 e. The van der Waals surface area contributed by atoms with E-state index < -0.39 is 6.09 Å². The minimum absolute atomic E-state index is 0.280. The van der Waals surface area contributed by atoms with Crippen molar-refractivity contribution in [2.75, 3.05) is 19.8 Å². The fourth-order valence-electron chi connectivity index (χ4n) is 3.10. The fraction of sp³-hybridized carbons (Fsp3) is 0.412. The highest BCUT2D eigenvalue weighted by Crippen LogP contribution is 2.33. The van der Waals surface area contributed by atoms with Gasteiger partial charge in [0.05, 0.1) is 31.0 Å². The Morgan fingerprint density at radius 3 is 2.58 bits per heavy atom. The zero-order valence-electron chi connectivity index (χ0n) is 13.7. The first-order chi connectivity index (χ1) is 11.6. The number of carbonyl (C=O) groups excluding carboxylic acids is 2. The molecule has 1 aliphatic rings. The summed E-state index contributed by atoms with van der Waals surface area (Å²) in [6.45, 7) is 4.98. The third-order valence-corrected chi connectivity index (χ3v) is 4.33. The van der Waals surface area contributed by atoms with E-state index in [1.54, 1.807) is 24.8 Å². The van der Waals surface area contributed by atoms with Crippen LogP contribution < -0.4 is 0 Å². The summed E-state index contributed by atoms with van der Waals surface area (Å²) in [5, 5.41) is 1.54. The SMILES string of the molecule is CCOC(=O)N1CCc2c(n(C(=O)OCC)c3ccc(Cl)cc23)C1. The minimum atomic E-state index is -0.447. The van der Waals surface area contributed by atoms with Gasteiger partial charge in [0.25, 0.3) is 0 Å². The van der Waals surface area contributed by atoms with Crippen LogP contribution in [-0.4, -0.2) is 41.4 Å². The average molecular weight is 351 g/mol. The predicted molar refractivity (Wildman–Crippen MR) is 90.5 cm³/mol. The molecule has 24 heavy (non-hydrogen) atoms. The molecule has 1 aromatic heterocycles. The summed E-state index contributed by atoms with van der Waals surface area (Å²) in [7, 11) is 0. The monoisotopic (exact) mass is 350 g/mol. The summed E-state index contributed by atoms with van der Waals surface area (Å²) in [5.41, 5.74) is 2.53. The summed E-state index contributed by atoms with van der Waals surface area (Å²) >= 11 is 6.12. The molecule has 0 bridgehead atoms. The van der Waals surface area contributed by atoms with E-state index in [-0.39, 0.29) is 12.7 Å². The molecule has 7 heteroatoms. The van der Waals surface area contributed by atoms with E-state index in [0.717, 1.165) is 22.2 Å². The number of fused-ring (bicyclic) bond motifs is 3. The standard InChI is InChI=1S/C17H19ClN2O4/c1-3-23-16(21)19-8-7-12-13-9-11(18)5-6-14(13)20(15(12)10-19)17(22)24-4-2/h5-6,9H,3-4,7-8,10H2,1-2H3. The molecule has 128 valence electrons. The van der Waals surface area contributed by atoms with E-state index in [2.05, 4.69) is 0 Å². The highest BCUT2D eigenvalue weighted by Gasteiger charge is 2.29. The van der Waals surface area contributed by atoms with Crippen LogP contribution in [0.3, 0.4) is 0 Å². The first kappa shape index (κ1) is 16.6. The van der Waals surface area contributed by atoms with Gasteiger partial charge in [0.1, 0.15) is 0 Å². The predicted octanol–water partition coefficient (Wildman–Crippen LogP) is 3.81. The summed E-state index contributed by atoms with van der Waals surface area (Å²) in [5.74, 6) is 0. The van der Waals surface area contributed by atoms with Crippen molar-refractivity contribution >= 4 is 34.7 Å². The van der Waals surface area contributed by atoms with Crippen molar-refractivity contribution in [1.82, 2.24) is 9.47 Å². The van der Waals surface area contributed by atoms with Crippen LogP contribution in [0.1, 0.15) is 25.1 Å². The van der Waals surface area contributed by atoms with Gasteiger partial charge in [0.15, 0.2) is 0 Å². The Bertz CT molecular complexity index is 799. The quantitative estimate of drug-likeness (QED) is 0.826. The highest BCUT2D eigenvalue weighted by atomic mass is 35.5. The number of amides is 1. The van der Waals surface area contributed by atoms with Crippen LogP contribution in [0.2, 0.25) is 5.02 Å². The lowest BCUT2D eigenvalue weighted by molar-refractivity contribution is 0.101. The largest absolute Gasteiger partial charge is 0.450 e. The van der Waals surface area contributed by atoms with Gasteiger partial charge >= 0.3 is 12.2 Å². The first-order valence-corrected chi connectivity index (χ1v) is 8.35. The van der Waals surface area contributed by atoms with E-state index in [4.69, 9.17) is 21.1 Å². The Hall–Kier alpha value is -2.21. The second kappa shape index (κ2) is 6.73. The van der Waals surface area contributed by atoms with Crippen LogP contribution in [0.15, 0.2) is 18.2 Å². The zero-order valence-corrected chi connectivity index (χ0v) is 14.4. The van der Waals surface area contributed by atoms with E-state index in [1.165, 1.54) is 4.57 Å². The van der Waals surface area contributed by atoms with Crippen LogP contribution in [0.25, 0.3) is 10.9 Å². The number of hydrogen-bond acceptors (Lipinski definition) is 4. The van der Waals surface area contributed by atoms with Gasteiger partial charge in [0, 0.05) is 17.0 Å². The number of rotatable bonds is 2. The smallest absolute Gasteiger partial charge is 0.418 e. The van der Waals surface area contributed by atoms with Crippen LogP contribution >= 0.6 is 11.6 Å². The van der Waals surface area contributed by atoms with Gasteiger partial charge in [-0.25, -0.2) is 14.2 Å². The molecule has 6 nitrogen and oxygen atoms in total. The molecule has 1 aromatic carbocycles. The summed E-state index contributed by atoms with van der Waals surface area (Å²) in [4.78, 5) is 26.1. The third-order valence-electron chi connectivity index (χ3n) is 4.09. The van der Waals surface area contributed by atoms with Gasteiger partial charge in [-0.2, -0.15) is 0 Å². The molecular formula is C17H19ClN2O4. The Labute approximate surface area is 144 Å². The summed E-state index contributed by atoms with van der Waals surface area (Å²) < 4.78 is 11.8. The summed E-state index contributed by atoms with van der Waals surface area (Å²) in [6, 6.07) is 5.40. The Balaban J connectivity index is 2.10. The second-order valence-corrected chi connectivity index (χ2v) is 5.93. The molecule has 2 heterocycles. The van der Waals surface area contributed by atoms with E-state index in [9.17, 15) is 9.59 Å². The molecule has 0 N–H and O–H groups in total. The van der Waals surface area contributed by atoms with Gasteiger partial charge in [-0.15, -0.1) is 0 Å².